The standard InChI is InChI=1S/C19H24N4O3/c1-6-22-14-10-8-9-11-15(14)26-19(5,18(22)25)17(24)20-16-12(3)21-23(7-2)13(16)4/h8-11H,6-7H2,1-5H3,(H,20,24). The van der Waals surface area contributed by atoms with Crippen LogP contribution in [0.3, 0.4) is 0 Å². The largest absolute Gasteiger partial charge is 0.465 e. The molecule has 7 nitrogen and oxygen atoms in total. The van der Waals surface area contributed by atoms with E-state index < -0.39 is 11.5 Å². The van der Waals surface area contributed by atoms with Gasteiger partial charge in [0, 0.05) is 13.1 Å². The molecule has 7 heteroatoms. The number of rotatable bonds is 4. The van der Waals surface area contributed by atoms with Crippen LogP contribution in [-0.4, -0.2) is 33.7 Å². The summed E-state index contributed by atoms with van der Waals surface area (Å²) in [5.41, 5.74) is 1.21. The zero-order valence-electron chi connectivity index (χ0n) is 15.8. The van der Waals surface area contributed by atoms with Crippen LogP contribution in [0.2, 0.25) is 0 Å². The van der Waals surface area contributed by atoms with Crippen LogP contribution in [0.1, 0.15) is 32.2 Å². The highest BCUT2D eigenvalue weighted by atomic mass is 16.5. The van der Waals surface area contributed by atoms with Crippen LogP contribution in [-0.2, 0) is 16.1 Å². The van der Waals surface area contributed by atoms with Gasteiger partial charge in [-0.05, 0) is 46.8 Å². The van der Waals surface area contributed by atoms with Crippen LogP contribution in [0.25, 0.3) is 0 Å². The summed E-state index contributed by atoms with van der Waals surface area (Å²) in [5, 5.41) is 7.26. The Hall–Kier alpha value is -2.83. The lowest BCUT2D eigenvalue weighted by atomic mass is 9.99. The molecule has 3 rings (SSSR count). The number of ether oxygens (including phenoxy) is 1. The van der Waals surface area contributed by atoms with Gasteiger partial charge in [0.25, 0.3) is 17.4 Å². The number of likely N-dealkylation sites (N-methyl/N-ethyl adjacent to an activating group) is 1. The van der Waals surface area contributed by atoms with Gasteiger partial charge in [-0.1, -0.05) is 12.1 Å². The summed E-state index contributed by atoms with van der Waals surface area (Å²) in [6, 6.07) is 7.24. The monoisotopic (exact) mass is 356 g/mol. The highest BCUT2D eigenvalue weighted by Gasteiger charge is 2.50. The zero-order valence-corrected chi connectivity index (χ0v) is 15.8. The molecule has 2 amide bonds. The molecule has 26 heavy (non-hydrogen) atoms. The molecule has 0 radical (unpaired) electrons. The predicted octanol–water partition coefficient (Wildman–Crippen LogP) is 2.66. The molecule has 0 aliphatic carbocycles. The fourth-order valence-corrected chi connectivity index (χ4v) is 3.27. The van der Waals surface area contributed by atoms with E-state index in [4.69, 9.17) is 4.74 Å². The van der Waals surface area contributed by atoms with Gasteiger partial charge in [0.2, 0.25) is 0 Å². The first-order chi connectivity index (χ1) is 12.3. The first-order valence-corrected chi connectivity index (χ1v) is 8.78. The van der Waals surface area contributed by atoms with E-state index in [9.17, 15) is 9.59 Å². The number of carbonyl (C=O) groups excluding carboxylic acids is 2. The number of hydrogen-bond donors (Lipinski definition) is 1. The van der Waals surface area contributed by atoms with Gasteiger partial charge in [0.1, 0.15) is 5.75 Å². The molecule has 0 saturated carbocycles. The fourth-order valence-electron chi connectivity index (χ4n) is 3.27. The van der Waals surface area contributed by atoms with Crippen LogP contribution in [0.5, 0.6) is 5.75 Å². The third kappa shape index (κ3) is 2.64. The van der Waals surface area contributed by atoms with Gasteiger partial charge in [-0.25, -0.2) is 0 Å². The number of nitrogens with zero attached hydrogens (tertiary/aromatic N) is 3. The van der Waals surface area contributed by atoms with Crippen molar-refractivity contribution in [3.63, 3.8) is 0 Å². The molecule has 1 N–H and O–H groups in total. The summed E-state index contributed by atoms with van der Waals surface area (Å²) in [7, 11) is 0. The van der Waals surface area contributed by atoms with Crippen molar-refractivity contribution in [1.29, 1.82) is 0 Å². The van der Waals surface area contributed by atoms with E-state index in [1.807, 2.05) is 50.6 Å². The van der Waals surface area contributed by atoms with Crippen molar-refractivity contribution in [3.05, 3.63) is 35.7 Å². The molecule has 1 aliphatic heterocycles. The molecular weight excluding hydrogens is 332 g/mol. The summed E-state index contributed by atoms with van der Waals surface area (Å²) in [5.74, 6) is -0.365. The number of fused-ring (bicyclic) bond motifs is 1. The normalized spacial score (nSPS) is 19.1. The number of amides is 2. The van der Waals surface area contributed by atoms with E-state index in [-0.39, 0.29) is 5.91 Å². The Morgan fingerprint density at radius 1 is 1.23 bits per heavy atom. The Morgan fingerprint density at radius 2 is 1.92 bits per heavy atom. The van der Waals surface area contributed by atoms with Gasteiger partial charge in [-0.2, -0.15) is 5.10 Å². The number of anilines is 2. The number of benzene rings is 1. The molecule has 2 aromatic rings. The average molecular weight is 356 g/mol. The third-order valence-corrected chi connectivity index (χ3v) is 4.79. The van der Waals surface area contributed by atoms with E-state index in [0.29, 0.717) is 35.9 Å². The first-order valence-electron chi connectivity index (χ1n) is 8.78. The van der Waals surface area contributed by atoms with Crippen LogP contribution in [0, 0.1) is 13.8 Å². The zero-order chi connectivity index (χ0) is 19.1. The van der Waals surface area contributed by atoms with Gasteiger partial charge in [-0.3, -0.25) is 14.3 Å². The molecule has 1 aromatic heterocycles. The van der Waals surface area contributed by atoms with Crippen molar-refractivity contribution in [3.8, 4) is 5.75 Å². The molecular formula is C19H24N4O3. The maximum absolute atomic E-state index is 13.1. The van der Waals surface area contributed by atoms with Crippen LogP contribution in [0.15, 0.2) is 24.3 Å². The third-order valence-electron chi connectivity index (χ3n) is 4.79. The van der Waals surface area contributed by atoms with Crippen LogP contribution in [0.4, 0.5) is 11.4 Å². The number of aryl methyl sites for hydroxylation is 2. The summed E-state index contributed by atoms with van der Waals surface area (Å²) >= 11 is 0. The lowest BCUT2D eigenvalue weighted by Crippen LogP contribution is -2.60. The number of para-hydroxylation sites is 2. The summed E-state index contributed by atoms with van der Waals surface area (Å²) < 4.78 is 7.69. The van der Waals surface area contributed by atoms with E-state index in [0.717, 1.165) is 5.69 Å². The Labute approximate surface area is 152 Å². The molecule has 0 spiro atoms. The Morgan fingerprint density at radius 3 is 2.54 bits per heavy atom. The van der Waals surface area contributed by atoms with Crippen LogP contribution >= 0.6 is 0 Å². The fraction of sp³-hybridized carbons (Fsp3) is 0.421. The van der Waals surface area contributed by atoms with Gasteiger partial charge in [0.05, 0.1) is 22.8 Å². The number of hydrogen-bond acceptors (Lipinski definition) is 4. The minimum atomic E-state index is -1.64. The Balaban J connectivity index is 1.96. The van der Waals surface area contributed by atoms with E-state index in [1.54, 1.807) is 11.0 Å². The van der Waals surface area contributed by atoms with E-state index >= 15 is 0 Å². The first kappa shape index (κ1) is 18.0. The SMILES string of the molecule is CCN1C(=O)C(C)(C(=O)Nc2c(C)nn(CC)c2C)Oc2ccccc21. The molecule has 0 fully saturated rings. The molecule has 1 aliphatic rings. The van der Waals surface area contributed by atoms with Crippen molar-refractivity contribution >= 4 is 23.2 Å². The quantitative estimate of drug-likeness (QED) is 0.855. The van der Waals surface area contributed by atoms with Crippen molar-refractivity contribution in [2.24, 2.45) is 0 Å². The summed E-state index contributed by atoms with van der Waals surface area (Å²) in [6.45, 7) is 10.2. The van der Waals surface area contributed by atoms with Crippen molar-refractivity contribution in [2.75, 3.05) is 16.8 Å². The minimum absolute atomic E-state index is 0.380. The maximum atomic E-state index is 13.1. The van der Waals surface area contributed by atoms with Gasteiger partial charge < -0.3 is 15.0 Å². The second-order valence-electron chi connectivity index (χ2n) is 6.47. The summed E-state index contributed by atoms with van der Waals surface area (Å²) in [4.78, 5) is 27.7. The molecule has 0 saturated heterocycles. The molecule has 2 heterocycles. The number of carbonyl (C=O) groups is 2. The van der Waals surface area contributed by atoms with Gasteiger partial charge >= 0.3 is 0 Å². The van der Waals surface area contributed by atoms with Crippen molar-refractivity contribution in [2.45, 2.75) is 46.8 Å². The molecule has 1 atom stereocenters. The summed E-state index contributed by atoms with van der Waals surface area (Å²) in [6.07, 6.45) is 0. The van der Waals surface area contributed by atoms with E-state index in [2.05, 4.69) is 10.4 Å². The molecule has 138 valence electrons. The van der Waals surface area contributed by atoms with Crippen molar-refractivity contribution in [1.82, 2.24) is 9.78 Å². The molecule has 1 unspecified atom stereocenters. The molecule has 0 bridgehead atoms. The van der Waals surface area contributed by atoms with E-state index in [1.165, 1.54) is 6.92 Å². The van der Waals surface area contributed by atoms with Gasteiger partial charge in [0.15, 0.2) is 0 Å². The lowest BCUT2D eigenvalue weighted by Gasteiger charge is -2.39. The smallest absolute Gasteiger partial charge is 0.280 e. The second kappa shape index (κ2) is 6.48. The highest BCUT2D eigenvalue weighted by molar-refractivity contribution is 6.20. The van der Waals surface area contributed by atoms with Crippen LogP contribution < -0.4 is 15.0 Å². The topological polar surface area (TPSA) is 76.5 Å². The van der Waals surface area contributed by atoms with Gasteiger partial charge in [-0.15, -0.1) is 0 Å². The predicted molar refractivity (Wildman–Crippen MR) is 99.5 cm³/mol. The highest BCUT2D eigenvalue weighted by Crippen LogP contribution is 2.38. The van der Waals surface area contributed by atoms with Crippen molar-refractivity contribution < 1.29 is 14.3 Å². The maximum Gasteiger partial charge on any atom is 0.280 e. The number of aromatic nitrogens is 2. The average Bonchev–Trinajstić information content (AvgIpc) is 2.90. The minimum Gasteiger partial charge on any atom is -0.465 e. The second-order valence-corrected chi connectivity index (χ2v) is 6.47. The Bertz CT molecular complexity index is 874. The number of nitrogens with one attached hydrogen (secondary N) is 1. The Kier molecular flexibility index (Phi) is 4.48. The molecule has 1 aromatic carbocycles. The lowest BCUT2D eigenvalue weighted by molar-refractivity contribution is -0.145.